The van der Waals surface area contributed by atoms with Crippen LogP contribution in [0.15, 0.2) is 48.0 Å². The minimum absolute atomic E-state index is 0.00865. The number of ketones is 1. The third-order valence-corrected chi connectivity index (χ3v) is 6.18. The minimum atomic E-state index is -0.744. The van der Waals surface area contributed by atoms with Crippen LogP contribution in [0.25, 0.3) is 5.76 Å². The smallest absolute Gasteiger partial charge is 0.295 e. The van der Waals surface area contributed by atoms with E-state index in [0.717, 1.165) is 18.4 Å². The maximum atomic E-state index is 13.2. The lowest BCUT2D eigenvalue weighted by atomic mass is 9.94. The molecule has 0 saturated carbocycles. The van der Waals surface area contributed by atoms with E-state index in [0.29, 0.717) is 29.2 Å². The molecule has 2 heterocycles. The van der Waals surface area contributed by atoms with E-state index in [4.69, 9.17) is 14.2 Å². The number of carbonyl (C=O) groups excluding carboxylic acids is 2. The molecule has 2 atom stereocenters. The van der Waals surface area contributed by atoms with Crippen LogP contribution in [0.2, 0.25) is 0 Å². The molecule has 2 aromatic rings. The van der Waals surface area contributed by atoms with Crippen molar-refractivity contribution in [1.29, 1.82) is 0 Å². The van der Waals surface area contributed by atoms with Gasteiger partial charge in [0.2, 0.25) is 0 Å². The van der Waals surface area contributed by atoms with E-state index in [-0.39, 0.29) is 30.1 Å². The quantitative estimate of drug-likeness (QED) is 0.371. The summed E-state index contributed by atoms with van der Waals surface area (Å²) in [6.45, 7) is 6.68. The molecular weight excluding hydrogens is 434 g/mol. The van der Waals surface area contributed by atoms with Crippen molar-refractivity contribution in [2.75, 3.05) is 20.3 Å². The predicted octanol–water partition coefficient (Wildman–Crippen LogP) is 4.39. The average molecular weight is 466 g/mol. The molecule has 0 bridgehead atoms. The van der Waals surface area contributed by atoms with E-state index < -0.39 is 17.7 Å². The molecule has 1 N–H and O–H groups in total. The molecule has 0 aliphatic carbocycles. The van der Waals surface area contributed by atoms with Gasteiger partial charge in [-0.3, -0.25) is 9.59 Å². The van der Waals surface area contributed by atoms with Gasteiger partial charge < -0.3 is 24.2 Å². The molecule has 7 heteroatoms. The lowest BCUT2D eigenvalue weighted by Crippen LogP contribution is -2.36. The normalized spacial score (nSPS) is 22.0. The fourth-order valence-electron chi connectivity index (χ4n) is 4.57. The van der Waals surface area contributed by atoms with Crippen molar-refractivity contribution in [3.8, 4) is 11.5 Å². The Hall–Kier alpha value is -3.32. The van der Waals surface area contributed by atoms with E-state index in [1.165, 1.54) is 4.90 Å². The highest BCUT2D eigenvalue weighted by molar-refractivity contribution is 6.46. The van der Waals surface area contributed by atoms with Crippen molar-refractivity contribution in [2.24, 2.45) is 0 Å². The number of aliphatic hydroxyl groups excluding tert-OH is 1. The number of methoxy groups -OCH3 is 1. The lowest BCUT2D eigenvalue weighted by molar-refractivity contribution is -0.140. The van der Waals surface area contributed by atoms with E-state index in [1.54, 1.807) is 37.4 Å². The Morgan fingerprint density at radius 2 is 2.00 bits per heavy atom. The molecule has 0 aromatic heterocycles. The van der Waals surface area contributed by atoms with E-state index in [2.05, 4.69) is 0 Å². The fraction of sp³-hybridized carbons (Fsp3) is 0.407. The number of amides is 1. The largest absolute Gasteiger partial charge is 0.507 e. The maximum absolute atomic E-state index is 13.2. The summed E-state index contributed by atoms with van der Waals surface area (Å²) in [7, 11) is 1.56. The fourth-order valence-corrected chi connectivity index (χ4v) is 4.57. The highest BCUT2D eigenvalue weighted by Gasteiger charge is 2.47. The van der Waals surface area contributed by atoms with Crippen LogP contribution in [-0.4, -0.2) is 54.2 Å². The van der Waals surface area contributed by atoms with Crippen LogP contribution < -0.4 is 9.47 Å². The highest BCUT2D eigenvalue weighted by Crippen LogP contribution is 2.41. The summed E-state index contributed by atoms with van der Waals surface area (Å²) in [6.07, 6.45) is 1.61. The number of nitrogens with zero attached hydrogens (tertiary/aromatic N) is 1. The number of aliphatic hydroxyl groups is 1. The lowest BCUT2D eigenvalue weighted by Gasteiger charge is -2.27. The van der Waals surface area contributed by atoms with Crippen molar-refractivity contribution < 1.29 is 28.9 Å². The van der Waals surface area contributed by atoms with Crippen molar-refractivity contribution in [1.82, 2.24) is 4.90 Å². The zero-order chi connectivity index (χ0) is 24.4. The third-order valence-electron chi connectivity index (χ3n) is 6.18. The first-order valence-electron chi connectivity index (χ1n) is 11.6. The van der Waals surface area contributed by atoms with Gasteiger partial charge in [-0.1, -0.05) is 12.1 Å². The van der Waals surface area contributed by atoms with Crippen molar-refractivity contribution in [3.05, 3.63) is 64.7 Å². The van der Waals surface area contributed by atoms with Crippen LogP contribution >= 0.6 is 0 Å². The van der Waals surface area contributed by atoms with Gasteiger partial charge in [0.1, 0.15) is 17.3 Å². The molecule has 1 amide bonds. The number of hydrogen-bond acceptors (Lipinski definition) is 6. The van der Waals surface area contributed by atoms with Gasteiger partial charge in [0.25, 0.3) is 11.7 Å². The van der Waals surface area contributed by atoms with Crippen LogP contribution in [0.4, 0.5) is 0 Å². The Morgan fingerprint density at radius 3 is 2.65 bits per heavy atom. The molecule has 2 aromatic carbocycles. The Balaban J connectivity index is 1.80. The summed E-state index contributed by atoms with van der Waals surface area (Å²) in [5.41, 5.74) is 2.03. The first-order valence-corrected chi connectivity index (χ1v) is 11.6. The zero-order valence-corrected chi connectivity index (χ0v) is 20.0. The summed E-state index contributed by atoms with van der Waals surface area (Å²) >= 11 is 0. The standard InChI is InChI=1S/C27H31NO6/c1-16(2)34-22-11-10-19(13-17(22)3)25(29)23-24(18-7-5-8-20(14-18)32-4)28(27(31)26(23)30)15-21-9-6-12-33-21/h5,7-8,10-11,13-14,16,21,24,29H,6,9,12,15H2,1-4H3/b25-23+. The molecule has 7 nitrogen and oxygen atoms in total. The monoisotopic (exact) mass is 465 g/mol. The summed E-state index contributed by atoms with van der Waals surface area (Å²) in [6, 6.07) is 11.7. The second-order valence-electron chi connectivity index (χ2n) is 9.01. The first-order chi connectivity index (χ1) is 16.3. The average Bonchev–Trinajstić information content (AvgIpc) is 3.42. The molecule has 34 heavy (non-hydrogen) atoms. The summed E-state index contributed by atoms with van der Waals surface area (Å²) < 4.78 is 16.9. The number of hydrogen-bond donors (Lipinski definition) is 1. The minimum Gasteiger partial charge on any atom is -0.507 e. The van der Waals surface area contributed by atoms with Crippen LogP contribution in [-0.2, 0) is 14.3 Å². The molecule has 2 aliphatic rings. The van der Waals surface area contributed by atoms with Gasteiger partial charge >= 0.3 is 0 Å². The van der Waals surface area contributed by atoms with Gasteiger partial charge in [0.05, 0.1) is 30.9 Å². The summed E-state index contributed by atoms with van der Waals surface area (Å²) in [5.74, 6) is -0.244. The molecule has 2 fully saturated rings. The van der Waals surface area contributed by atoms with E-state index in [9.17, 15) is 14.7 Å². The van der Waals surface area contributed by atoms with Crippen molar-refractivity contribution in [3.63, 3.8) is 0 Å². The number of carbonyl (C=O) groups is 2. The maximum Gasteiger partial charge on any atom is 0.295 e. The Kier molecular flexibility index (Phi) is 6.93. The van der Waals surface area contributed by atoms with Crippen LogP contribution in [0, 0.1) is 6.92 Å². The zero-order valence-electron chi connectivity index (χ0n) is 20.0. The van der Waals surface area contributed by atoms with Gasteiger partial charge in [-0.15, -0.1) is 0 Å². The van der Waals surface area contributed by atoms with Crippen LogP contribution in [0.3, 0.4) is 0 Å². The predicted molar refractivity (Wildman–Crippen MR) is 128 cm³/mol. The summed E-state index contributed by atoms with van der Waals surface area (Å²) in [5, 5.41) is 11.3. The van der Waals surface area contributed by atoms with E-state index >= 15 is 0 Å². The Bertz CT molecular complexity index is 1120. The SMILES string of the molecule is COc1cccc(C2/C(=C(\O)c3ccc(OC(C)C)c(C)c3)C(=O)C(=O)N2CC2CCCO2)c1. The number of aryl methyl sites for hydroxylation is 1. The molecule has 4 rings (SSSR count). The van der Waals surface area contributed by atoms with Crippen LogP contribution in [0.1, 0.15) is 49.4 Å². The molecule has 2 saturated heterocycles. The summed E-state index contributed by atoms with van der Waals surface area (Å²) in [4.78, 5) is 27.9. The Labute approximate surface area is 199 Å². The molecule has 0 spiro atoms. The number of rotatable bonds is 7. The van der Waals surface area contributed by atoms with E-state index in [1.807, 2.05) is 32.9 Å². The number of ether oxygens (including phenoxy) is 3. The van der Waals surface area contributed by atoms with Gasteiger partial charge in [-0.05, 0) is 75.1 Å². The van der Waals surface area contributed by atoms with Crippen molar-refractivity contribution >= 4 is 17.4 Å². The molecule has 2 unspecified atom stereocenters. The van der Waals surface area contributed by atoms with Gasteiger partial charge in [-0.2, -0.15) is 0 Å². The van der Waals surface area contributed by atoms with Gasteiger partial charge in [0, 0.05) is 18.7 Å². The number of likely N-dealkylation sites (tertiary alicyclic amines) is 1. The molecule has 0 radical (unpaired) electrons. The molecular formula is C27H31NO6. The second-order valence-corrected chi connectivity index (χ2v) is 9.01. The Morgan fingerprint density at radius 1 is 1.21 bits per heavy atom. The highest BCUT2D eigenvalue weighted by atomic mass is 16.5. The van der Waals surface area contributed by atoms with Crippen LogP contribution in [0.5, 0.6) is 11.5 Å². The number of benzene rings is 2. The number of Topliss-reactive ketones (excluding diaryl/α,β-unsaturated/α-hetero) is 1. The second kappa shape index (κ2) is 9.89. The molecule has 2 aliphatic heterocycles. The third kappa shape index (κ3) is 4.66. The van der Waals surface area contributed by atoms with Gasteiger partial charge in [0.15, 0.2) is 0 Å². The van der Waals surface area contributed by atoms with Crippen molar-refractivity contribution in [2.45, 2.75) is 51.9 Å². The van der Waals surface area contributed by atoms with Gasteiger partial charge in [-0.25, -0.2) is 0 Å². The first kappa shape index (κ1) is 23.8. The molecule has 180 valence electrons. The topological polar surface area (TPSA) is 85.3 Å².